The zero-order valence-corrected chi connectivity index (χ0v) is 9.37. The molecule has 0 saturated heterocycles. The standard InChI is InChI=1S/C14H10F3O/c15-14(16,17)12-6-4-5-11(9-12)10-18-13-7-2-1-3-8-13/h1-7,9H,10H2. The molecule has 0 aliphatic heterocycles. The summed E-state index contributed by atoms with van der Waals surface area (Å²) < 4.78 is 42.8. The van der Waals surface area contributed by atoms with Crippen LogP contribution < -0.4 is 4.74 Å². The topological polar surface area (TPSA) is 9.23 Å². The first-order chi connectivity index (χ1) is 8.55. The summed E-state index contributed by atoms with van der Waals surface area (Å²) in [5.74, 6) is 0.509. The molecule has 2 rings (SSSR count). The van der Waals surface area contributed by atoms with E-state index in [1.165, 1.54) is 6.07 Å². The van der Waals surface area contributed by atoms with Crippen LogP contribution in [0, 0.1) is 6.07 Å². The van der Waals surface area contributed by atoms with E-state index >= 15 is 0 Å². The van der Waals surface area contributed by atoms with Crippen molar-refractivity contribution in [2.24, 2.45) is 0 Å². The monoisotopic (exact) mass is 251 g/mol. The van der Waals surface area contributed by atoms with Gasteiger partial charge in [-0.25, -0.2) is 0 Å². The van der Waals surface area contributed by atoms with Crippen LogP contribution in [0.3, 0.4) is 0 Å². The van der Waals surface area contributed by atoms with Crippen LogP contribution in [0.5, 0.6) is 5.75 Å². The second-order valence-corrected chi connectivity index (χ2v) is 3.71. The molecule has 0 N–H and O–H groups in total. The van der Waals surface area contributed by atoms with E-state index in [0.29, 0.717) is 11.3 Å². The maximum absolute atomic E-state index is 12.5. The Morgan fingerprint density at radius 3 is 2.56 bits per heavy atom. The Balaban J connectivity index is 2.06. The number of rotatable bonds is 3. The number of ether oxygens (including phenoxy) is 1. The van der Waals surface area contributed by atoms with E-state index in [0.717, 1.165) is 12.1 Å². The lowest BCUT2D eigenvalue weighted by molar-refractivity contribution is -0.137. The Hall–Kier alpha value is -1.97. The van der Waals surface area contributed by atoms with Crippen molar-refractivity contribution in [1.82, 2.24) is 0 Å². The third-order valence-corrected chi connectivity index (χ3v) is 2.33. The maximum atomic E-state index is 12.5. The van der Waals surface area contributed by atoms with E-state index in [4.69, 9.17) is 4.74 Å². The van der Waals surface area contributed by atoms with Crippen molar-refractivity contribution in [3.63, 3.8) is 0 Å². The van der Waals surface area contributed by atoms with Crippen LogP contribution in [-0.4, -0.2) is 0 Å². The molecule has 2 aromatic rings. The first-order valence-corrected chi connectivity index (χ1v) is 5.31. The summed E-state index contributed by atoms with van der Waals surface area (Å²) in [5, 5.41) is 0. The maximum Gasteiger partial charge on any atom is 0.416 e. The van der Waals surface area contributed by atoms with Gasteiger partial charge in [-0.1, -0.05) is 30.3 Å². The molecular weight excluding hydrogens is 241 g/mol. The summed E-state index contributed by atoms with van der Waals surface area (Å²) in [4.78, 5) is 0. The van der Waals surface area contributed by atoms with Crippen molar-refractivity contribution in [1.29, 1.82) is 0 Å². The third-order valence-electron chi connectivity index (χ3n) is 2.33. The SMILES string of the molecule is FC(F)(F)c1cccc(COc2[c]cccc2)c1. The molecule has 0 aromatic heterocycles. The number of hydrogen-bond acceptors (Lipinski definition) is 1. The highest BCUT2D eigenvalue weighted by atomic mass is 19.4. The van der Waals surface area contributed by atoms with Crippen molar-refractivity contribution in [3.05, 3.63) is 65.7 Å². The molecule has 0 atom stereocenters. The van der Waals surface area contributed by atoms with E-state index in [1.807, 2.05) is 0 Å². The van der Waals surface area contributed by atoms with Crippen molar-refractivity contribution in [2.45, 2.75) is 12.8 Å². The molecule has 1 nitrogen and oxygen atoms in total. The van der Waals surface area contributed by atoms with Gasteiger partial charge in [0.2, 0.25) is 0 Å². The summed E-state index contributed by atoms with van der Waals surface area (Å²) in [6.45, 7) is 0.0877. The second-order valence-electron chi connectivity index (χ2n) is 3.71. The molecule has 0 bridgehead atoms. The third kappa shape index (κ3) is 3.26. The van der Waals surface area contributed by atoms with E-state index in [1.54, 1.807) is 30.3 Å². The van der Waals surface area contributed by atoms with Crippen LogP contribution in [0.1, 0.15) is 11.1 Å². The Bertz CT molecular complexity index is 506. The lowest BCUT2D eigenvalue weighted by Crippen LogP contribution is -2.06. The summed E-state index contributed by atoms with van der Waals surface area (Å²) in [5.41, 5.74) is -0.192. The van der Waals surface area contributed by atoms with Crippen LogP contribution in [0.4, 0.5) is 13.2 Å². The molecule has 0 fully saturated rings. The van der Waals surface area contributed by atoms with Gasteiger partial charge in [0.25, 0.3) is 0 Å². The second kappa shape index (κ2) is 5.12. The number of hydrogen-bond donors (Lipinski definition) is 0. The minimum absolute atomic E-state index is 0.0877. The van der Waals surface area contributed by atoms with E-state index in [-0.39, 0.29) is 6.61 Å². The van der Waals surface area contributed by atoms with Crippen LogP contribution in [-0.2, 0) is 12.8 Å². The highest BCUT2D eigenvalue weighted by Crippen LogP contribution is 2.29. The Labute approximate surface area is 103 Å². The Kier molecular flexibility index (Phi) is 3.55. The highest BCUT2D eigenvalue weighted by Gasteiger charge is 2.30. The molecule has 93 valence electrons. The van der Waals surface area contributed by atoms with Gasteiger partial charge in [0, 0.05) is 6.07 Å². The van der Waals surface area contributed by atoms with Crippen molar-refractivity contribution in [3.8, 4) is 5.75 Å². The number of benzene rings is 2. The zero-order chi connectivity index (χ0) is 13.0. The summed E-state index contributed by atoms with van der Waals surface area (Å²) in [6.07, 6.45) is -4.32. The van der Waals surface area contributed by atoms with Gasteiger partial charge in [0.15, 0.2) is 0 Å². The fraction of sp³-hybridized carbons (Fsp3) is 0.143. The molecule has 0 aliphatic rings. The van der Waals surface area contributed by atoms with Crippen LogP contribution in [0.2, 0.25) is 0 Å². The van der Waals surface area contributed by atoms with Crippen molar-refractivity contribution < 1.29 is 17.9 Å². The minimum atomic E-state index is -4.32. The quantitative estimate of drug-likeness (QED) is 0.798. The van der Waals surface area contributed by atoms with E-state index < -0.39 is 11.7 Å². The van der Waals surface area contributed by atoms with Gasteiger partial charge >= 0.3 is 6.18 Å². The normalized spacial score (nSPS) is 11.3. The van der Waals surface area contributed by atoms with Gasteiger partial charge in [0.05, 0.1) is 5.56 Å². The van der Waals surface area contributed by atoms with Crippen molar-refractivity contribution in [2.75, 3.05) is 0 Å². The smallest absolute Gasteiger partial charge is 0.416 e. The first-order valence-electron chi connectivity index (χ1n) is 5.31. The van der Waals surface area contributed by atoms with Crippen molar-refractivity contribution >= 4 is 0 Å². The Morgan fingerprint density at radius 2 is 1.89 bits per heavy atom. The van der Waals surface area contributed by atoms with Crippen LogP contribution >= 0.6 is 0 Å². The van der Waals surface area contributed by atoms with Gasteiger partial charge in [-0.2, -0.15) is 13.2 Å². The lowest BCUT2D eigenvalue weighted by Gasteiger charge is -2.09. The van der Waals surface area contributed by atoms with Gasteiger partial charge in [-0.15, -0.1) is 0 Å². The van der Waals surface area contributed by atoms with Gasteiger partial charge in [0.1, 0.15) is 12.4 Å². The molecule has 0 spiro atoms. The molecule has 0 saturated carbocycles. The lowest BCUT2D eigenvalue weighted by atomic mass is 10.1. The average molecular weight is 251 g/mol. The summed E-state index contributed by atoms with van der Waals surface area (Å²) >= 11 is 0. The first kappa shape index (κ1) is 12.5. The van der Waals surface area contributed by atoms with Gasteiger partial charge in [-0.05, 0) is 23.8 Å². The van der Waals surface area contributed by atoms with E-state index in [2.05, 4.69) is 6.07 Å². The summed E-state index contributed by atoms with van der Waals surface area (Å²) in [7, 11) is 0. The molecule has 0 aliphatic carbocycles. The molecule has 0 amide bonds. The highest BCUT2D eigenvalue weighted by molar-refractivity contribution is 5.26. The molecule has 4 heteroatoms. The predicted molar refractivity (Wildman–Crippen MR) is 61.1 cm³/mol. The predicted octanol–water partition coefficient (Wildman–Crippen LogP) is 4.08. The number of halogens is 3. The molecule has 2 aromatic carbocycles. The summed E-state index contributed by atoms with van der Waals surface area (Å²) in [6, 6.07) is 14.9. The molecule has 1 radical (unpaired) electrons. The molecule has 0 unspecified atom stereocenters. The Morgan fingerprint density at radius 1 is 1.06 bits per heavy atom. The van der Waals surface area contributed by atoms with Gasteiger partial charge < -0.3 is 4.74 Å². The molecule has 18 heavy (non-hydrogen) atoms. The van der Waals surface area contributed by atoms with E-state index in [9.17, 15) is 13.2 Å². The zero-order valence-electron chi connectivity index (χ0n) is 9.37. The molecular formula is C14H10F3O. The van der Waals surface area contributed by atoms with Crippen LogP contribution in [0.15, 0.2) is 48.5 Å². The number of para-hydroxylation sites is 1. The fourth-order valence-electron chi connectivity index (χ4n) is 1.47. The largest absolute Gasteiger partial charge is 0.488 e. The molecule has 0 heterocycles. The average Bonchev–Trinajstić information content (AvgIpc) is 2.37. The minimum Gasteiger partial charge on any atom is -0.488 e. The van der Waals surface area contributed by atoms with Crippen LogP contribution in [0.25, 0.3) is 0 Å². The number of alkyl halides is 3. The fourth-order valence-corrected chi connectivity index (χ4v) is 1.47. The van der Waals surface area contributed by atoms with Gasteiger partial charge in [-0.3, -0.25) is 0 Å².